The van der Waals surface area contributed by atoms with Crippen LogP contribution in [0, 0.1) is 6.92 Å². The van der Waals surface area contributed by atoms with E-state index in [1.165, 1.54) is 4.31 Å². The van der Waals surface area contributed by atoms with Crippen molar-refractivity contribution in [3.05, 3.63) is 71.7 Å². The Morgan fingerprint density at radius 1 is 1.07 bits per heavy atom. The van der Waals surface area contributed by atoms with Crippen molar-refractivity contribution >= 4 is 15.9 Å². The van der Waals surface area contributed by atoms with Gasteiger partial charge in [-0.3, -0.25) is 9.78 Å². The number of carbonyl (C=O) groups excluding carboxylic acids is 1. The van der Waals surface area contributed by atoms with Gasteiger partial charge in [0.1, 0.15) is 0 Å². The third-order valence-electron chi connectivity index (χ3n) is 5.50. The number of aromatic nitrogens is 2. The molecule has 156 valence electrons. The van der Waals surface area contributed by atoms with Crippen molar-refractivity contribution in [2.75, 3.05) is 13.6 Å². The summed E-state index contributed by atoms with van der Waals surface area (Å²) in [5.41, 5.74) is 3.56. The first-order valence-electron chi connectivity index (χ1n) is 9.85. The number of nitrogens with zero attached hydrogens (tertiary/aromatic N) is 3. The molecule has 0 radical (unpaired) electrons. The minimum atomic E-state index is -3.67. The predicted octanol–water partition coefficient (Wildman–Crippen LogP) is 2.81. The quantitative estimate of drug-likeness (QED) is 0.698. The maximum atomic E-state index is 13.3. The van der Waals surface area contributed by atoms with Crippen LogP contribution in [0.2, 0.25) is 0 Å². The molecule has 0 saturated heterocycles. The normalized spacial score (nSPS) is 14.7. The number of carbonyl (C=O) groups is 1. The number of nitrogens with one attached hydrogen (secondary N) is 1. The number of hydrogen-bond acceptors (Lipinski definition) is 4. The SMILES string of the molecule is CNC(=O)c1c(-c2ccccn2)c(C)n2c1CN(S(=O)(=O)c1ccccc1)CCC2. The van der Waals surface area contributed by atoms with Gasteiger partial charge >= 0.3 is 0 Å². The lowest BCUT2D eigenvalue weighted by Crippen LogP contribution is -2.32. The maximum absolute atomic E-state index is 13.3. The summed E-state index contributed by atoms with van der Waals surface area (Å²) in [6, 6.07) is 14.0. The fourth-order valence-electron chi connectivity index (χ4n) is 4.06. The third kappa shape index (κ3) is 3.42. The van der Waals surface area contributed by atoms with Gasteiger partial charge in [0.25, 0.3) is 5.91 Å². The van der Waals surface area contributed by atoms with Crippen LogP contribution in [0.5, 0.6) is 0 Å². The molecular formula is C22H24N4O3S. The highest BCUT2D eigenvalue weighted by Crippen LogP contribution is 2.34. The number of pyridine rings is 1. The van der Waals surface area contributed by atoms with Crippen molar-refractivity contribution in [2.45, 2.75) is 31.3 Å². The van der Waals surface area contributed by atoms with E-state index in [1.54, 1.807) is 43.6 Å². The van der Waals surface area contributed by atoms with Crippen LogP contribution in [0.1, 0.15) is 28.2 Å². The Morgan fingerprint density at radius 3 is 2.47 bits per heavy atom. The predicted molar refractivity (Wildman–Crippen MR) is 114 cm³/mol. The fourth-order valence-corrected chi connectivity index (χ4v) is 5.52. The lowest BCUT2D eigenvalue weighted by molar-refractivity contribution is 0.0962. The highest BCUT2D eigenvalue weighted by atomic mass is 32.2. The molecule has 0 spiro atoms. The minimum absolute atomic E-state index is 0.133. The van der Waals surface area contributed by atoms with E-state index in [0.29, 0.717) is 36.5 Å². The minimum Gasteiger partial charge on any atom is -0.355 e. The molecule has 0 fully saturated rings. The van der Waals surface area contributed by atoms with Gasteiger partial charge < -0.3 is 9.88 Å². The van der Waals surface area contributed by atoms with Gasteiger partial charge in [0.15, 0.2) is 0 Å². The van der Waals surface area contributed by atoms with Gasteiger partial charge in [-0.25, -0.2) is 8.42 Å². The fraction of sp³-hybridized carbons (Fsp3) is 0.273. The molecule has 1 N–H and O–H groups in total. The van der Waals surface area contributed by atoms with Gasteiger partial charge in [-0.2, -0.15) is 4.31 Å². The van der Waals surface area contributed by atoms with Crippen LogP contribution >= 0.6 is 0 Å². The number of benzene rings is 1. The Hall–Kier alpha value is -2.97. The summed E-state index contributed by atoms with van der Waals surface area (Å²) in [6.07, 6.45) is 2.35. The second-order valence-electron chi connectivity index (χ2n) is 7.23. The Bertz CT molecular complexity index is 1170. The zero-order chi connectivity index (χ0) is 21.3. The molecule has 0 unspecified atom stereocenters. The number of rotatable bonds is 4. The largest absolute Gasteiger partial charge is 0.355 e. The lowest BCUT2D eigenvalue weighted by Gasteiger charge is -2.20. The highest BCUT2D eigenvalue weighted by molar-refractivity contribution is 7.89. The molecule has 0 aliphatic carbocycles. The van der Waals surface area contributed by atoms with E-state index >= 15 is 0 Å². The Labute approximate surface area is 176 Å². The Balaban J connectivity index is 1.87. The first-order chi connectivity index (χ1) is 14.4. The molecule has 0 saturated carbocycles. The molecular weight excluding hydrogens is 400 g/mol. The van der Waals surface area contributed by atoms with Gasteiger partial charge in [-0.05, 0) is 37.6 Å². The summed E-state index contributed by atoms with van der Waals surface area (Å²) in [7, 11) is -2.09. The average Bonchev–Trinajstić information content (AvgIpc) is 2.92. The van der Waals surface area contributed by atoms with Crippen LogP contribution in [0.3, 0.4) is 0 Å². The van der Waals surface area contributed by atoms with E-state index in [4.69, 9.17) is 0 Å². The third-order valence-corrected chi connectivity index (χ3v) is 7.36. The van der Waals surface area contributed by atoms with E-state index in [-0.39, 0.29) is 17.3 Å². The molecule has 1 amide bonds. The summed E-state index contributed by atoms with van der Waals surface area (Å²) in [5, 5.41) is 2.71. The topological polar surface area (TPSA) is 84.3 Å². The van der Waals surface area contributed by atoms with Crippen LogP contribution < -0.4 is 5.32 Å². The molecule has 8 heteroatoms. The maximum Gasteiger partial charge on any atom is 0.253 e. The smallest absolute Gasteiger partial charge is 0.253 e. The molecule has 1 aliphatic rings. The van der Waals surface area contributed by atoms with Crippen LogP contribution in [0.4, 0.5) is 0 Å². The first-order valence-corrected chi connectivity index (χ1v) is 11.3. The summed E-state index contributed by atoms with van der Waals surface area (Å²) in [6.45, 7) is 3.12. The van der Waals surface area contributed by atoms with Gasteiger partial charge in [0.05, 0.1) is 22.7 Å². The van der Waals surface area contributed by atoms with E-state index < -0.39 is 10.0 Å². The standard InChI is InChI=1S/C22H24N4O3S/c1-16-20(18-11-6-7-12-24-18)21(22(27)23-2)19-15-25(13-8-14-26(16)19)30(28,29)17-9-4-3-5-10-17/h3-7,9-12H,8,13-15H2,1-2H3,(H,23,27). The first kappa shape index (κ1) is 20.3. The second-order valence-corrected chi connectivity index (χ2v) is 9.17. The van der Waals surface area contributed by atoms with Crippen molar-refractivity contribution in [3.63, 3.8) is 0 Å². The van der Waals surface area contributed by atoms with Crippen LogP contribution in [0.15, 0.2) is 59.6 Å². The van der Waals surface area contributed by atoms with Gasteiger partial charge in [-0.15, -0.1) is 0 Å². The molecule has 1 aromatic carbocycles. The van der Waals surface area contributed by atoms with Gasteiger partial charge in [0, 0.05) is 43.3 Å². The molecule has 0 bridgehead atoms. The summed E-state index contributed by atoms with van der Waals surface area (Å²) < 4.78 is 30.1. The second kappa shape index (κ2) is 8.04. The summed E-state index contributed by atoms with van der Waals surface area (Å²) >= 11 is 0. The monoisotopic (exact) mass is 424 g/mol. The number of fused-ring (bicyclic) bond motifs is 1. The van der Waals surface area contributed by atoms with Gasteiger partial charge in [0.2, 0.25) is 10.0 Å². The van der Waals surface area contributed by atoms with E-state index in [0.717, 1.165) is 11.3 Å². The molecule has 4 rings (SSSR count). The Kier molecular flexibility index (Phi) is 5.44. The molecule has 0 atom stereocenters. The van der Waals surface area contributed by atoms with E-state index in [1.807, 2.05) is 25.1 Å². The molecule has 7 nitrogen and oxygen atoms in total. The Morgan fingerprint density at radius 2 is 1.80 bits per heavy atom. The van der Waals surface area contributed by atoms with Gasteiger partial charge in [-0.1, -0.05) is 24.3 Å². The van der Waals surface area contributed by atoms with E-state index in [2.05, 4.69) is 14.9 Å². The number of amides is 1. The summed E-state index contributed by atoms with van der Waals surface area (Å²) in [4.78, 5) is 17.6. The van der Waals surface area contributed by atoms with Crippen LogP contribution in [0.25, 0.3) is 11.3 Å². The number of sulfonamides is 1. The summed E-state index contributed by atoms with van der Waals surface area (Å²) in [5.74, 6) is -0.244. The van der Waals surface area contributed by atoms with Crippen molar-refractivity contribution < 1.29 is 13.2 Å². The molecule has 3 aromatic rings. The number of hydrogen-bond donors (Lipinski definition) is 1. The average molecular weight is 425 g/mol. The van der Waals surface area contributed by atoms with Crippen LogP contribution in [-0.2, 0) is 23.1 Å². The van der Waals surface area contributed by atoms with Crippen LogP contribution in [-0.4, -0.2) is 41.8 Å². The zero-order valence-electron chi connectivity index (χ0n) is 17.0. The molecule has 3 heterocycles. The lowest BCUT2D eigenvalue weighted by atomic mass is 10.0. The molecule has 2 aromatic heterocycles. The van der Waals surface area contributed by atoms with Crippen molar-refractivity contribution in [3.8, 4) is 11.3 Å². The van der Waals surface area contributed by atoms with Crippen molar-refractivity contribution in [1.29, 1.82) is 0 Å². The highest BCUT2D eigenvalue weighted by Gasteiger charge is 2.33. The molecule has 30 heavy (non-hydrogen) atoms. The van der Waals surface area contributed by atoms with Crippen molar-refractivity contribution in [1.82, 2.24) is 19.2 Å². The van der Waals surface area contributed by atoms with Crippen molar-refractivity contribution in [2.24, 2.45) is 0 Å². The molecule has 1 aliphatic heterocycles. The van der Waals surface area contributed by atoms with E-state index in [9.17, 15) is 13.2 Å². The zero-order valence-corrected chi connectivity index (χ0v) is 17.8.